The monoisotopic (exact) mass is 347 g/mol. The Morgan fingerprint density at radius 2 is 2.32 bits per heavy atom. The van der Waals surface area contributed by atoms with Crippen LogP contribution in [-0.2, 0) is 16.0 Å². The SMILES string of the molecule is CCC(C)CN(CCCc1cccnc1)C(=O)OC(=O)C1CCCN1. The molecule has 0 spiro atoms. The van der Waals surface area contributed by atoms with E-state index in [2.05, 4.69) is 24.1 Å². The van der Waals surface area contributed by atoms with Gasteiger partial charge in [-0.05, 0) is 49.8 Å². The third kappa shape index (κ3) is 6.46. The van der Waals surface area contributed by atoms with Gasteiger partial charge in [-0.25, -0.2) is 9.59 Å². The van der Waals surface area contributed by atoms with Crippen LogP contribution >= 0.6 is 0 Å². The van der Waals surface area contributed by atoms with Crippen molar-refractivity contribution in [3.05, 3.63) is 30.1 Å². The highest BCUT2D eigenvalue weighted by atomic mass is 16.6. The molecule has 1 aliphatic heterocycles. The Morgan fingerprint density at radius 3 is 2.96 bits per heavy atom. The summed E-state index contributed by atoms with van der Waals surface area (Å²) in [4.78, 5) is 30.3. The van der Waals surface area contributed by atoms with Gasteiger partial charge in [0.2, 0.25) is 0 Å². The Kier molecular flexibility index (Phi) is 7.85. The Balaban J connectivity index is 1.86. The highest BCUT2D eigenvalue weighted by molar-refractivity contribution is 5.87. The smallest absolute Gasteiger partial charge is 0.375 e. The summed E-state index contributed by atoms with van der Waals surface area (Å²) in [7, 11) is 0. The van der Waals surface area contributed by atoms with Gasteiger partial charge < -0.3 is 15.0 Å². The fraction of sp³-hybridized carbons (Fsp3) is 0.632. The minimum atomic E-state index is -0.523. The first-order valence-electron chi connectivity index (χ1n) is 9.23. The number of ether oxygens (including phenoxy) is 1. The van der Waals surface area contributed by atoms with Crippen molar-refractivity contribution in [1.29, 1.82) is 0 Å². The molecule has 2 rings (SSSR count). The summed E-state index contributed by atoms with van der Waals surface area (Å²) in [6, 6.07) is 3.60. The summed E-state index contributed by atoms with van der Waals surface area (Å²) in [6.07, 6.45) is 7.37. The molecule has 2 unspecified atom stereocenters. The molecule has 0 aromatic carbocycles. The lowest BCUT2D eigenvalue weighted by molar-refractivity contribution is -0.140. The lowest BCUT2D eigenvalue weighted by Crippen LogP contribution is -2.41. The maximum atomic E-state index is 12.4. The van der Waals surface area contributed by atoms with Gasteiger partial charge in [0.25, 0.3) is 0 Å². The highest BCUT2D eigenvalue weighted by Crippen LogP contribution is 2.11. The molecule has 1 amide bonds. The van der Waals surface area contributed by atoms with Crippen LogP contribution in [0, 0.1) is 5.92 Å². The summed E-state index contributed by atoms with van der Waals surface area (Å²) in [5, 5.41) is 3.07. The van der Waals surface area contributed by atoms with Crippen molar-refractivity contribution in [2.45, 2.75) is 52.0 Å². The van der Waals surface area contributed by atoms with Gasteiger partial charge in [0, 0.05) is 25.5 Å². The topological polar surface area (TPSA) is 71.5 Å². The van der Waals surface area contributed by atoms with E-state index in [1.54, 1.807) is 11.1 Å². The minimum Gasteiger partial charge on any atom is -0.375 e. The van der Waals surface area contributed by atoms with Crippen LogP contribution in [0.5, 0.6) is 0 Å². The van der Waals surface area contributed by atoms with Crippen LogP contribution in [0.2, 0.25) is 0 Å². The molecule has 138 valence electrons. The van der Waals surface area contributed by atoms with Crippen molar-refractivity contribution in [3.8, 4) is 0 Å². The van der Waals surface area contributed by atoms with E-state index in [4.69, 9.17) is 4.74 Å². The molecule has 25 heavy (non-hydrogen) atoms. The van der Waals surface area contributed by atoms with E-state index in [0.29, 0.717) is 19.0 Å². The number of carbonyl (C=O) groups excluding carboxylic acids is 2. The zero-order valence-electron chi connectivity index (χ0n) is 15.2. The molecule has 6 heteroatoms. The van der Waals surface area contributed by atoms with E-state index in [1.165, 1.54) is 0 Å². The number of aromatic nitrogens is 1. The molecule has 0 bridgehead atoms. The fourth-order valence-corrected chi connectivity index (χ4v) is 2.89. The first kappa shape index (κ1) is 19.4. The second kappa shape index (κ2) is 10.1. The largest absolute Gasteiger partial charge is 0.417 e. The molecule has 2 atom stereocenters. The second-order valence-electron chi connectivity index (χ2n) is 6.76. The standard InChI is InChI=1S/C19H29N3O3/c1-3-15(2)14-22(12-6-8-16-7-4-10-20-13-16)19(24)25-18(23)17-9-5-11-21-17/h4,7,10,13,15,17,21H,3,5-6,8-9,11-12,14H2,1-2H3. The van der Waals surface area contributed by atoms with Crippen LogP contribution < -0.4 is 5.32 Å². The quantitative estimate of drug-likeness (QED) is 0.578. The number of nitrogens with one attached hydrogen (secondary N) is 1. The molecule has 2 heterocycles. The zero-order valence-corrected chi connectivity index (χ0v) is 15.2. The molecular formula is C19H29N3O3. The van der Waals surface area contributed by atoms with Crippen molar-refractivity contribution < 1.29 is 14.3 Å². The lowest BCUT2D eigenvalue weighted by Gasteiger charge is -2.25. The number of nitrogens with zero attached hydrogens (tertiary/aromatic N) is 2. The first-order valence-corrected chi connectivity index (χ1v) is 9.23. The molecule has 1 saturated heterocycles. The van der Waals surface area contributed by atoms with Gasteiger partial charge in [0.15, 0.2) is 0 Å². The van der Waals surface area contributed by atoms with Crippen LogP contribution in [0.25, 0.3) is 0 Å². The molecule has 1 aromatic heterocycles. The highest BCUT2D eigenvalue weighted by Gasteiger charge is 2.28. The molecule has 1 fully saturated rings. The third-order valence-corrected chi connectivity index (χ3v) is 4.64. The van der Waals surface area contributed by atoms with Crippen molar-refractivity contribution >= 4 is 12.1 Å². The number of esters is 1. The summed E-state index contributed by atoms with van der Waals surface area (Å²) in [6.45, 7) is 6.17. The molecule has 1 N–H and O–H groups in total. The van der Waals surface area contributed by atoms with Crippen molar-refractivity contribution in [2.24, 2.45) is 5.92 Å². The lowest BCUT2D eigenvalue weighted by atomic mass is 10.1. The van der Waals surface area contributed by atoms with Crippen LogP contribution in [0.4, 0.5) is 4.79 Å². The van der Waals surface area contributed by atoms with E-state index in [1.807, 2.05) is 18.3 Å². The number of hydrogen-bond donors (Lipinski definition) is 1. The Bertz CT molecular complexity index is 544. The number of aryl methyl sites for hydroxylation is 1. The summed E-state index contributed by atoms with van der Waals surface area (Å²) in [5.74, 6) is -0.0884. The van der Waals surface area contributed by atoms with Gasteiger partial charge in [0.05, 0.1) is 0 Å². The summed E-state index contributed by atoms with van der Waals surface area (Å²) in [5.41, 5.74) is 1.14. The number of hydrogen-bond acceptors (Lipinski definition) is 5. The van der Waals surface area contributed by atoms with E-state index < -0.39 is 12.1 Å². The van der Waals surface area contributed by atoms with Gasteiger partial charge in [-0.3, -0.25) is 4.98 Å². The zero-order chi connectivity index (χ0) is 18.1. The maximum Gasteiger partial charge on any atom is 0.417 e. The van der Waals surface area contributed by atoms with Crippen LogP contribution in [-0.4, -0.2) is 47.6 Å². The molecule has 0 aliphatic carbocycles. The molecule has 1 aromatic rings. The van der Waals surface area contributed by atoms with Crippen molar-refractivity contribution in [2.75, 3.05) is 19.6 Å². The van der Waals surface area contributed by atoms with Gasteiger partial charge in [-0.15, -0.1) is 0 Å². The predicted octanol–water partition coefficient (Wildman–Crippen LogP) is 2.78. The van der Waals surface area contributed by atoms with Gasteiger partial charge in [-0.2, -0.15) is 0 Å². The molecular weight excluding hydrogens is 318 g/mol. The third-order valence-electron chi connectivity index (χ3n) is 4.64. The average Bonchev–Trinajstić information content (AvgIpc) is 3.16. The summed E-state index contributed by atoms with van der Waals surface area (Å²) < 4.78 is 5.12. The van der Waals surface area contributed by atoms with Gasteiger partial charge in [-0.1, -0.05) is 26.3 Å². The molecule has 1 aliphatic rings. The van der Waals surface area contributed by atoms with E-state index >= 15 is 0 Å². The van der Waals surface area contributed by atoms with E-state index in [9.17, 15) is 9.59 Å². The first-order chi connectivity index (χ1) is 12.1. The van der Waals surface area contributed by atoms with Crippen LogP contribution in [0.3, 0.4) is 0 Å². The van der Waals surface area contributed by atoms with E-state index in [-0.39, 0.29) is 6.04 Å². The fourth-order valence-electron chi connectivity index (χ4n) is 2.89. The molecule has 0 radical (unpaired) electrons. The maximum absolute atomic E-state index is 12.4. The number of rotatable bonds is 8. The molecule has 0 saturated carbocycles. The second-order valence-corrected chi connectivity index (χ2v) is 6.76. The van der Waals surface area contributed by atoms with E-state index in [0.717, 1.165) is 44.2 Å². The Morgan fingerprint density at radius 1 is 1.48 bits per heavy atom. The van der Waals surface area contributed by atoms with Crippen LogP contribution in [0.15, 0.2) is 24.5 Å². The van der Waals surface area contributed by atoms with Gasteiger partial charge in [0.1, 0.15) is 6.04 Å². The van der Waals surface area contributed by atoms with Gasteiger partial charge >= 0.3 is 12.1 Å². The van der Waals surface area contributed by atoms with Crippen molar-refractivity contribution in [1.82, 2.24) is 15.2 Å². The molecule has 6 nitrogen and oxygen atoms in total. The summed E-state index contributed by atoms with van der Waals surface area (Å²) >= 11 is 0. The number of pyridine rings is 1. The normalized spacial score (nSPS) is 17.9. The number of amides is 1. The number of carbonyl (C=O) groups is 2. The Hall–Kier alpha value is -1.95. The predicted molar refractivity (Wildman–Crippen MR) is 96.1 cm³/mol. The van der Waals surface area contributed by atoms with Crippen molar-refractivity contribution in [3.63, 3.8) is 0 Å². The minimum absolute atomic E-state index is 0.343. The van der Waals surface area contributed by atoms with Crippen LogP contribution in [0.1, 0.15) is 45.1 Å². The Labute approximate surface area is 150 Å². The average molecular weight is 347 g/mol.